The Hall–Kier alpha value is 0. The van der Waals surface area contributed by atoms with Gasteiger partial charge in [0, 0.05) is 0 Å². The Morgan fingerprint density at radius 1 is 0.533 bits per heavy atom. The molecule has 5 aliphatic rings. The third-order valence-electron chi connectivity index (χ3n) is 7.30. The molecule has 0 aromatic rings. The molecular weight excluding hydrogens is 180 g/mol. The van der Waals surface area contributed by atoms with Crippen LogP contribution in [0.25, 0.3) is 0 Å². The maximum absolute atomic E-state index is 1.68. The maximum Gasteiger partial charge on any atom is -0.0321 e. The molecule has 8 atom stereocenters. The molecule has 15 heavy (non-hydrogen) atoms. The minimum atomic E-state index is 1.21. The van der Waals surface area contributed by atoms with Gasteiger partial charge in [0.15, 0.2) is 0 Å². The topological polar surface area (TPSA) is 0 Å². The molecule has 0 nitrogen and oxygen atoms in total. The van der Waals surface area contributed by atoms with Crippen LogP contribution in [-0.4, -0.2) is 0 Å². The van der Waals surface area contributed by atoms with Crippen molar-refractivity contribution in [3.63, 3.8) is 0 Å². The van der Waals surface area contributed by atoms with Gasteiger partial charge in [-0.1, -0.05) is 6.42 Å². The lowest BCUT2D eigenvalue weighted by Crippen LogP contribution is -2.35. The molecule has 0 aromatic carbocycles. The fourth-order valence-electron chi connectivity index (χ4n) is 7.28. The van der Waals surface area contributed by atoms with E-state index >= 15 is 0 Å². The van der Waals surface area contributed by atoms with Crippen LogP contribution in [0.15, 0.2) is 0 Å². The second-order valence-electron chi connectivity index (χ2n) is 7.31. The lowest BCUT2D eigenvalue weighted by molar-refractivity contribution is 0.0716. The summed E-state index contributed by atoms with van der Waals surface area (Å²) in [5, 5.41) is 0. The zero-order valence-electron chi connectivity index (χ0n) is 9.57. The van der Waals surface area contributed by atoms with E-state index in [9.17, 15) is 0 Å². The Kier molecular flexibility index (Phi) is 1.34. The van der Waals surface area contributed by atoms with Crippen molar-refractivity contribution in [3.05, 3.63) is 0 Å². The third kappa shape index (κ3) is 0.775. The summed E-state index contributed by atoms with van der Waals surface area (Å²) in [4.78, 5) is 0. The van der Waals surface area contributed by atoms with E-state index in [1.807, 2.05) is 0 Å². The van der Waals surface area contributed by atoms with Gasteiger partial charge in [0.05, 0.1) is 0 Å². The van der Waals surface area contributed by atoms with Gasteiger partial charge in [0.2, 0.25) is 0 Å². The molecule has 0 radical (unpaired) electrons. The molecule has 0 aromatic heterocycles. The molecule has 0 heteroatoms. The van der Waals surface area contributed by atoms with Crippen LogP contribution in [0, 0.1) is 47.3 Å². The lowest BCUT2D eigenvalue weighted by Gasteiger charge is -2.40. The van der Waals surface area contributed by atoms with Gasteiger partial charge in [-0.3, -0.25) is 0 Å². The van der Waals surface area contributed by atoms with E-state index in [1.54, 1.807) is 44.9 Å². The van der Waals surface area contributed by atoms with E-state index in [4.69, 9.17) is 0 Å². The van der Waals surface area contributed by atoms with Crippen molar-refractivity contribution in [3.8, 4) is 0 Å². The monoisotopic (exact) mass is 202 g/mol. The molecule has 82 valence electrons. The summed E-state index contributed by atoms with van der Waals surface area (Å²) >= 11 is 0. The molecule has 5 fully saturated rings. The SMILES string of the molecule is C1C[C@@H]2[C@H](C1)[C@H]1C[C@@H]2[C@@H]2[C@@H]3CC[C@@H](C3)[C@H]12. The fraction of sp³-hybridized carbons (Fsp3) is 1.00. The summed E-state index contributed by atoms with van der Waals surface area (Å²) in [6, 6.07) is 0. The van der Waals surface area contributed by atoms with Crippen molar-refractivity contribution in [2.75, 3.05) is 0 Å². The minimum absolute atomic E-state index is 1.21. The van der Waals surface area contributed by atoms with Crippen LogP contribution in [0.5, 0.6) is 0 Å². The highest BCUT2D eigenvalue weighted by Gasteiger charge is 2.65. The summed E-state index contributed by atoms with van der Waals surface area (Å²) in [6.07, 6.45) is 11.4. The molecule has 5 saturated carbocycles. The van der Waals surface area contributed by atoms with Crippen LogP contribution >= 0.6 is 0 Å². The van der Waals surface area contributed by atoms with E-state index in [-0.39, 0.29) is 0 Å². The summed E-state index contributed by atoms with van der Waals surface area (Å²) in [7, 11) is 0. The van der Waals surface area contributed by atoms with Crippen molar-refractivity contribution < 1.29 is 0 Å². The first-order chi connectivity index (χ1) is 7.43. The van der Waals surface area contributed by atoms with Gasteiger partial charge < -0.3 is 0 Å². The van der Waals surface area contributed by atoms with Crippen LogP contribution in [0.1, 0.15) is 44.9 Å². The molecule has 5 rings (SSSR count). The molecule has 0 amide bonds. The summed E-state index contributed by atoms with van der Waals surface area (Å²) in [6.45, 7) is 0. The van der Waals surface area contributed by atoms with Gasteiger partial charge in [-0.15, -0.1) is 0 Å². The lowest BCUT2D eigenvalue weighted by atomic mass is 9.64. The Morgan fingerprint density at radius 2 is 1.13 bits per heavy atom. The molecule has 4 bridgehead atoms. The molecule has 0 unspecified atom stereocenters. The fourth-order valence-corrected chi connectivity index (χ4v) is 7.28. The number of hydrogen-bond acceptors (Lipinski definition) is 0. The molecule has 0 N–H and O–H groups in total. The van der Waals surface area contributed by atoms with Crippen molar-refractivity contribution in [2.24, 2.45) is 47.3 Å². The smallest absolute Gasteiger partial charge is 0.0321 e. The Bertz CT molecular complexity index is 279. The van der Waals surface area contributed by atoms with Gasteiger partial charge >= 0.3 is 0 Å². The molecular formula is C15H22. The van der Waals surface area contributed by atoms with E-state index in [2.05, 4.69) is 0 Å². The van der Waals surface area contributed by atoms with Crippen LogP contribution in [-0.2, 0) is 0 Å². The first-order valence-corrected chi connectivity index (χ1v) is 7.43. The highest BCUT2D eigenvalue weighted by molar-refractivity contribution is 5.14. The maximum atomic E-state index is 1.68. The van der Waals surface area contributed by atoms with Gasteiger partial charge in [-0.25, -0.2) is 0 Å². The molecule has 0 aliphatic heterocycles. The zero-order chi connectivity index (χ0) is 9.57. The minimum Gasteiger partial charge on any atom is -0.0527 e. The van der Waals surface area contributed by atoms with E-state index in [0.29, 0.717) is 0 Å². The largest absolute Gasteiger partial charge is 0.0527 e. The van der Waals surface area contributed by atoms with Crippen LogP contribution in [0.2, 0.25) is 0 Å². The second-order valence-corrected chi connectivity index (χ2v) is 7.31. The summed E-state index contributed by atoms with van der Waals surface area (Å²) < 4.78 is 0. The number of hydrogen-bond donors (Lipinski definition) is 0. The van der Waals surface area contributed by atoms with Crippen molar-refractivity contribution in [1.82, 2.24) is 0 Å². The van der Waals surface area contributed by atoms with Crippen LogP contribution in [0.3, 0.4) is 0 Å². The van der Waals surface area contributed by atoms with E-state index in [0.717, 1.165) is 0 Å². The first-order valence-electron chi connectivity index (χ1n) is 7.43. The van der Waals surface area contributed by atoms with Crippen LogP contribution < -0.4 is 0 Å². The summed E-state index contributed by atoms with van der Waals surface area (Å²) in [5.74, 6) is 9.78. The molecule has 0 heterocycles. The van der Waals surface area contributed by atoms with Crippen LogP contribution in [0.4, 0.5) is 0 Å². The highest BCUT2D eigenvalue weighted by Crippen LogP contribution is 2.72. The zero-order valence-corrected chi connectivity index (χ0v) is 9.57. The Balaban J connectivity index is 1.59. The average molecular weight is 202 g/mol. The quantitative estimate of drug-likeness (QED) is 0.525. The number of fused-ring (bicyclic) bond motifs is 12. The normalized spacial score (nSPS) is 68.8. The average Bonchev–Trinajstić information content (AvgIpc) is 3.03. The Morgan fingerprint density at radius 3 is 1.73 bits per heavy atom. The second kappa shape index (κ2) is 2.46. The Labute approximate surface area is 92.8 Å². The van der Waals surface area contributed by atoms with Crippen molar-refractivity contribution in [1.29, 1.82) is 0 Å². The highest BCUT2D eigenvalue weighted by atomic mass is 14.7. The van der Waals surface area contributed by atoms with Gasteiger partial charge in [0.1, 0.15) is 0 Å². The van der Waals surface area contributed by atoms with Gasteiger partial charge in [0.25, 0.3) is 0 Å². The molecule has 5 aliphatic carbocycles. The molecule has 0 spiro atoms. The van der Waals surface area contributed by atoms with Crippen molar-refractivity contribution in [2.45, 2.75) is 44.9 Å². The predicted molar refractivity (Wildman–Crippen MR) is 60.2 cm³/mol. The number of rotatable bonds is 0. The third-order valence-corrected chi connectivity index (χ3v) is 7.30. The van der Waals surface area contributed by atoms with Gasteiger partial charge in [-0.2, -0.15) is 0 Å². The van der Waals surface area contributed by atoms with E-state index in [1.165, 1.54) is 47.3 Å². The van der Waals surface area contributed by atoms with Gasteiger partial charge in [-0.05, 0) is 85.9 Å². The van der Waals surface area contributed by atoms with Crippen molar-refractivity contribution >= 4 is 0 Å². The standard InChI is InChI=1S/C15H22/c1-2-10-11(3-1)13-7-12(10)14-8-4-5-9(6-8)15(13)14/h8-15H,1-7H2/t8-,9+,10-,11+,12+,13-,14+,15-. The first kappa shape index (κ1) is 8.14. The summed E-state index contributed by atoms with van der Waals surface area (Å²) in [5.41, 5.74) is 0. The molecule has 0 saturated heterocycles. The predicted octanol–water partition coefficient (Wildman–Crippen LogP) is 3.71. The van der Waals surface area contributed by atoms with E-state index < -0.39 is 0 Å².